The van der Waals surface area contributed by atoms with Crippen LogP contribution >= 0.6 is 0 Å². The maximum Gasteiger partial charge on any atom is 0.471 e. The third kappa shape index (κ3) is 4.95. The topological polar surface area (TPSA) is 66.8 Å². The van der Waals surface area contributed by atoms with Crippen LogP contribution in [0.5, 0.6) is 0 Å². The third-order valence-electron chi connectivity index (χ3n) is 6.54. The van der Waals surface area contributed by atoms with Crippen LogP contribution in [0, 0.1) is 11.8 Å². The summed E-state index contributed by atoms with van der Waals surface area (Å²) in [7, 11) is 0. The highest BCUT2D eigenvalue weighted by atomic mass is 19.4. The molecule has 2 fully saturated rings. The van der Waals surface area contributed by atoms with E-state index in [1.54, 1.807) is 19.9 Å². The largest absolute Gasteiger partial charge is 0.471 e. The minimum Gasteiger partial charge on any atom is -0.463 e. The number of carbonyl (C=O) groups is 2. The molecule has 29 heavy (non-hydrogen) atoms. The van der Waals surface area contributed by atoms with E-state index in [1.807, 2.05) is 6.92 Å². The Morgan fingerprint density at radius 2 is 1.90 bits per heavy atom. The monoisotopic (exact) mass is 419 g/mol. The number of piperidine rings is 1. The summed E-state index contributed by atoms with van der Waals surface area (Å²) >= 11 is 0. The fraction of sp³-hybridized carbons (Fsp3) is 0.810. The molecule has 1 amide bonds. The first kappa shape index (κ1) is 23.7. The average molecular weight is 419 g/mol. The average Bonchev–Trinajstić information content (AvgIpc) is 3.08. The molecule has 1 N–H and O–H groups in total. The molecule has 1 saturated carbocycles. The highest BCUT2D eigenvalue weighted by Gasteiger charge is 2.58. The third-order valence-corrected chi connectivity index (χ3v) is 6.54. The molecule has 4 atom stereocenters. The number of carbonyl (C=O) groups excluding carboxylic acids is 2. The molecular formula is C21H32F3NO4. The molecule has 1 aliphatic carbocycles. The first-order valence-electron chi connectivity index (χ1n) is 10.4. The summed E-state index contributed by atoms with van der Waals surface area (Å²) in [6, 6.07) is -0.631. The SMILES string of the molecule is CCOC(=O)/C(C)=C/C[C@H]1CCC[C@]2(CCC[C@@H]2[C@@H](C)CO)N1C(=O)C(F)(F)F. The van der Waals surface area contributed by atoms with Crippen LogP contribution in [0.1, 0.15) is 65.7 Å². The van der Waals surface area contributed by atoms with Gasteiger partial charge >= 0.3 is 18.1 Å². The Kier molecular flexibility index (Phi) is 7.76. The molecule has 0 aromatic heterocycles. The van der Waals surface area contributed by atoms with Gasteiger partial charge in [0.1, 0.15) is 0 Å². The molecule has 8 heteroatoms. The van der Waals surface area contributed by atoms with Crippen LogP contribution in [0.25, 0.3) is 0 Å². The summed E-state index contributed by atoms with van der Waals surface area (Å²) in [6.07, 6.45) is 0.435. The predicted molar refractivity (Wildman–Crippen MR) is 102 cm³/mol. The molecule has 0 bridgehead atoms. The lowest BCUT2D eigenvalue weighted by Crippen LogP contribution is -2.64. The molecule has 1 aliphatic heterocycles. The van der Waals surface area contributed by atoms with Crippen molar-refractivity contribution < 1.29 is 32.6 Å². The zero-order valence-electron chi connectivity index (χ0n) is 17.4. The number of nitrogens with zero attached hydrogens (tertiary/aromatic N) is 1. The molecule has 2 aliphatic rings. The molecule has 1 saturated heterocycles. The highest BCUT2D eigenvalue weighted by Crippen LogP contribution is 2.52. The summed E-state index contributed by atoms with van der Waals surface area (Å²) < 4.78 is 45.6. The van der Waals surface area contributed by atoms with Gasteiger partial charge in [0.25, 0.3) is 0 Å². The van der Waals surface area contributed by atoms with Crippen molar-refractivity contribution in [1.29, 1.82) is 0 Å². The zero-order chi connectivity index (χ0) is 21.8. The fourth-order valence-electron chi connectivity index (χ4n) is 5.26. The lowest BCUT2D eigenvalue weighted by atomic mass is 9.71. The normalized spacial score (nSPS) is 29.2. The standard InChI is InChI=1S/C21H32F3NO4/c1-4-29-18(27)14(2)9-10-16-7-5-11-20(25(16)19(28)21(22,23)24)12-6-8-17(20)15(3)13-26/h9,15-17,26H,4-8,10-13H2,1-3H3/b14-9+/t15-,16+,17+,20+/m0/s1. The van der Waals surface area contributed by atoms with Gasteiger partial charge in [-0.25, -0.2) is 4.79 Å². The van der Waals surface area contributed by atoms with Gasteiger partial charge in [0.2, 0.25) is 0 Å². The van der Waals surface area contributed by atoms with E-state index in [1.165, 1.54) is 0 Å². The van der Waals surface area contributed by atoms with Gasteiger partial charge in [-0.3, -0.25) is 4.79 Å². The van der Waals surface area contributed by atoms with Crippen molar-refractivity contribution in [3.8, 4) is 0 Å². The van der Waals surface area contributed by atoms with Gasteiger partial charge < -0.3 is 14.7 Å². The van der Waals surface area contributed by atoms with Crippen LogP contribution in [0.3, 0.4) is 0 Å². The van der Waals surface area contributed by atoms with Crippen molar-refractivity contribution in [2.75, 3.05) is 13.2 Å². The molecule has 0 aromatic carbocycles. The number of hydrogen-bond acceptors (Lipinski definition) is 4. The molecule has 0 aromatic rings. The molecular weight excluding hydrogens is 387 g/mol. The minimum atomic E-state index is -4.96. The Morgan fingerprint density at radius 1 is 1.28 bits per heavy atom. The van der Waals surface area contributed by atoms with E-state index in [-0.39, 0.29) is 31.5 Å². The quantitative estimate of drug-likeness (QED) is 0.522. The Balaban J connectivity index is 2.39. The van der Waals surface area contributed by atoms with Crippen molar-refractivity contribution >= 4 is 11.9 Å². The molecule has 0 radical (unpaired) electrons. The van der Waals surface area contributed by atoms with Gasteiger partial charge in [-0.2, -0.15) is 13.2 Å². The Hall–Kier alpha value is -1.57. The van der Waals surface area contributed by atoms with E-state index < -0.39 is 29.6 Å². The van der Waals surface area contributed by atoms with Crippen LogP contribution in [-0.2, 0) is 14.3 Å². The van der Waals surface area contributed by atoms with Crippen molar-refractivity contribution in [3.63, 3.8) is 0 Å². The number of alkyl halides is 3. The lowest BCUT2D eigenvalue weighted by molar-refractivity contribution is -0.201. The maximum absolute atomic E-state index is 13.6. The van der Waals surface area contributed by atoms with Crippen LogP contribution in [-0.4, -0.2) is 52.9 Å². The van der Waals surface area contributed by atoms with Crippen LogP contribution in [0.15, 0.2) is 11.6 Å². The molecule has 1 heterocycles. The van der Waals surface area contributed by atoms with E-state index in [9.17, 15) is 27.9 Å². The van der Waals surface area contributed by atoms with Gasteiger partial charge in [0.15, 0.2) is 0 Å². The van der Waals surface area contributed by atoms with Gasteiger partial charge in [-0.1, -0.05) is 19.4 Å². The summed E-state index contributed by atoms with van der Waals surface area (Å²) in [5.74, 6) is -2.66. The number of rotatable bonds is 6. The van der Waals surface area contributed by atoms with Gasteiger partial charge in [-0.15, -0.1) is 0 Å². The number of likely N-dealkylation sites (tertiary alicyclic amines) is 1. The summed E-state index contributed by atoms with van der Waals surface area (Å²) in [5.41, 5.74) is -0.554. The van der Waals surface area contributed by atoms with E-state index in [0.717, 1.165) is 11.3 Å². The molecule has 1 spiro atoms. The number of aliphatic hydroxyl groups is 1. The maximum atomic E-state index is 13.6. The second-order valence-electron chi connectivity index (χ2n) is 8.32. The smallest absolute Gasteiger partial charge is 0.463 e. The molecule has 2 rings (SSSR count). The summed E-state index contributed by atoms with van der Waals surface area (Å²) in [6.45, 7) is 5.19. The second kappa shape index (κ2) is 9.49. The molecule has 0 unspecified atom stereocenters. The highest BCUT2D eigenvalue weighted by molar-refractivity contribution is 5.87. The predicted octanol–water partition coefficient (Wildman–Crippen LogP) is 4.00. The number of aliphatic hydroxyl groups excluding tert-OH is 1. The van der Waals surface area contributed by atoms with Crippen molar-refractivity contribution in [2.24, 2.45) is 11.8 Å². The van der Waals surface area contributed by atoms with Gasteiger partial charge in [-0.05, 0) is 64.2 Å². The first-order valence-corrected chi connectivity index (χ1v) is 10.4. The van der Waals surface area contributed by atoms with Gasteiger partial charge in [0.05, 0.1) is 6.61 Å². The summed E-state index contributed by atoms with van der Waals surface area (Å²) in [4.78, 5) is 25.5. The number of hydrogen-bond donors (Lipinski definition) is 1. The van der Waals surface area contributed by atoms with Crippen LogP contribution in [0.2, 0.25) is 0 Å². The van der Waals surface area contributed by atoms with E-state index in [4.69, 9.17) is 4.74 Å². The van der Waals surface area contributed by atoms with Crippen molar-refractivity contribution in [3.05, 3.63) is 11.6 Å². The first-order chi connectivity index (χ1) is 13.6. The van der Waals surface area contributed by atoms with Crippen LogP contribution < -0.4 is 0 Å². The number of ether oxygens (including phenoxy) is 1. The number of amides is 1. The van der Waals surface area contributed by atoms with Crippen molar-refractivity contribution in [2.45, 2.75) is 83.5 Å². The molecule has 166 valence electrons. The van der Waals surface area contributed by atoms with Gasteiger partial charge in [0, 0.05) is 23.8 Å². The lowest BCUT2D eigenvalue weighted by Gasteiger charge is -2.54. The zero-order valence-corrected chi connectivity index (χ0v) is 17.4. The van der Waals surface area contributed by atoms with E-state index >= 15 is 0 Å². The second-order valence-corrected chi connectivity index (χ2v) is 8.32. The van der Waals surface area contributed by atoms with E-state index in [0.29, 0.717) is 37.7 Å². The number of esters is 1. The Bertz CT molecular complexity index is 634. The fourth-order valence-corrected chi connectivity index (χ4v) is 5.26. The van der Waals surface area contributed by atoms with Crippen molar-refractivity contribution in [1.82, 2.24) is 4.90 Å². The van der Waals surface area contributed by atoms with E-state index in [2.05, 4.69) is 0 Å². The molecule has 5 nitrogen and oxygen atoms in total. The summed E-state index contributed by atoms with van der Waals surface area (Å²) in [5, 5.41) is 9.66. The Labute approximate surface area is 170 Å². The minimum absolute atomic E-state index is 0.118. The van der Waals surface area contributed by atoms with Crippen LogP contribution in [0.4, 0.5) is 13.2 Å². The Morgan fingerprint density at radius 3 is 2.45 bits per heavy atom. The number of halogens is 3.